The minimum Gasteiger partial charge on any atom is -0.457 e. The summed E-state index contributed by atoms with van der Waals surface area (Å²) in [5, 5.41) is 4.74. The fraction of sp³-hybridized carbons (Fsp3) is 0.160. The first kappa shape index (κ1) is 20.6. The number of primary amides is 1. The second-order valence-corrected chi connectivity index (χ2v) is 7.87. The molecule has 3 N–H and O–H groups in total. The number of nitrogens with one attached hydrogen (secondary N) is 1. The van der Waals surface area contributed by atoms with Gasteiger partial charge in [0.15, 0.2) is 0 Å². The largest absolute Gasteiger partial charge is 0.457 e. The summed E-state index contributed by atoms with van der Waals surface area (Å²) in [5.41, 5.74) is 9.85. The van der Waals surface area contributed by atoms with E-state index in [1.807, 2.05) is 54.6 Å². The summed E-state index contributed by atoms with van der Waals surface area (Å²) < 4.78 is 7.61. The molecule has 1 aliphatic rings. The molecule has 1 aliphatic heterocycles. The lowest BCUT2D eigenvalue weighted by molar-refractivity contribution is -0.125. The topological polar surface area (TPSA) is 106 Å². The van der Waals surface area contributed by atoms with E-state index in [-0.39, 0.29) is 5.91 Å². The number of imidazole rings is 1. The Kier molecular flexibility index (Phi) is 5.18. The van der Waals surface area contributed by atoms with Gasteiger partial charge in [-0.25, -0.2) is 4.52 Å². The molecule has 0 fully saturated rings. The molecule has 0 saturated heterocycles. The van der Waals surface area contributed by atoms with Crippen molar-refractivity contribution in [3.63, 3.8) is 0 Å². The van der Waals surface area contributed by atoms with Crippen LogP contribution in [0.1, 0.15) is 21.7 Å². The molecule has 4 aromatic rings. The van der Waals surface area contributed by atoms with Crippen LogP contribution in [-0.4, -0.2) is 44.4 Å². The molecule has 0 atom stereocenters. The van der Waals surface area contributed by atoms with Crippen molar-refractivity contribution in [2.24, 2.45) is 5.73 Å². The molecule has 166 valence electrons. The molecular weight excluding hydrogens is 418 g/mol. The number of carbonyl (C=O) groups excluding carboxylic acids is 2. The zero-order chi connectivity index (χ0) is 22.9. The number of para-hydroxylation sites is 1. The monoisotopic (exact) mass is 441 g/mol. The first-order chi connectivity index (χ1) is 16.0. The number of ether oxygens (including phenoxy) is 1. The van der Waals surface area contributed by atoms with Gasteiger partial charge in [0, 0.05) is 37.2 Å². The van der Waals surface area contributed by atoms with E-state index in [1.165, 1.54) is 6.08 Å². The number of H-pyrrole nitrogens is 1. The van der Waals surface area contributed by atoms with Gasteiger partial charge in [0.05, 0.1) is 5.69 Å². The van der Waals surface area contributed by atoms with Crippen LogP contribution in [0, 0.1) is 0 Å². The van der Waals surface area contributed by atoms with Crippen molar-refractivity contribution in [2.45, 2.75) is 12.8 Å². The standard InChI is InChI=1S/C25H23N5O3/c1-2-21(31)29-14-12-19-20(13-15-29)30-25(27-19)22(24(26)32)23(28-30)16-8-10-18(11-9-16)33-17-6-4-3-5-7-17/h2-11,27H,1,12-15H2,(H2,26,32). The minimum atomic E-state index is -0.551. The lowest BCUT2D eigenvalue weighted by Gasteiger charge is -2.17. The maximum absolute atomic E-state index is 12.4. The molecule has 33 heavy (non-hydrogen) atoms. The van der Waals surface area contributed by atoms with Crippen LogP contribution >= 0.6 is 0 Å². The zero-order valence-electron chi connectivity index (χ0n) is 18.0. The summed E-state index contributed by atoms with van der Waals surface area (Å²) in [6.45, 7) is 4.70. The molecule has 0 aliphatic carbocycles. The van der Waals surface area contributed by atoms with Crippen LogP contribution in [0.4, 0.5) is 0 Å². The van der Waals surface area contributed by atoms with E-state index in [0.717, 1.165) is 22.7 Å². The summed E-state index contributed by atoms with van der Waals surface area (Å²) >= 11 is 0. The zero-order valence-corrected chi connectivity index (χ0v) is 18.0. The number of aromatic amines is 1. The molecule has 2 aromatic heterocycles. The molecule has 5 rings (SSSR count). The van der Waals surface area contributed by atoms with Gasteiger partial charge in [-0.1, -0.05) is 24.8 Å². The number of rotatable bonds is 5. The lowest BCUT2D eigenvalue weighted by atomic mass is 10.1. The van der Waals surface area contributed by atoms with Gasteiger partial charge in [-0.2, -0.15) is 5.10 Å². The fourth-order valence-corrected chi connectivity index (χ4v) is 4.23. The Hall–Kier alpha value is -4.33. The van der Waals surface area contributed by atoms with Crippen molar-refractivity contribution < 1.29 is 14.3 Å². The van der Waals surface area contributed by atoms with Crippen LogP contribution in [0.5, 0.6) is 11.5 Å². The Labute approximate surface area is 190 Å². The summed E-state index contributed by atoms with van der Waals surface area (Å²) in [5.74, 6) is 0.777. The summed E-state index contributed by atoms with van der Waals surface area (Å²) in [4.78, 5) is 29.5. The van der Waals surface area contributed by atoms with Gasteiger partial charge >= 0.3 is 0 Å². The van der Waals surface area contributed by atoms with E-state index < -0.39 is 5.91 Å². The highest BCUT2D eigenvalue weighted by atomic mass is 16.5. The van der Waals surface area contributed by atoms with Crippen LogP contribution in [0.3, 0.4) is 0 Å². The third-order valence-electron chi connectivity index (χ3n) is 5.85. The Morgan fingerprint density at radius 2 is 1.73 bits per heavy atom. The van der Waals surface area contributed by atoms with Gasteiger partial charge in [-0.3, -0.25) is 9.59 Å². The number of nitrogens with two attached hydrogens (primary N) is 1. The average molecular weight is 441 g/mol. The first-order valence-electron chi connectivity index (χ1n) is 10.7. The van der Waals surface area contributed by atoms with Gasteiger partial charge < -0.3 is 20.4 Å². The lowest BCUT2D eigenvalue weighted by Crippen LogP contribution is -2.31. The Bertz CT molecular complexity index is 1350. The number of hydrogen-bond acceptors (Lipinski definition) is 4. The van der Waals surface area contributed by atoms with E-state index in [1.54, 1.807) is 9.42 Å². The normalized spacial score (nSPS) is 13.4. The highest BCUT2D eigenvalue weighted by molar-refractivity contribution is 6.04. The highest BCUT2D eigenvalue weighted by Gasteiger charge is 2.26. The number of aromatic nitrogens is 3. The van der Waals surface area contributed by atoms with Crippen LogP contribution in [0.15, 0.2) is 67.3 Å². The molecule has 2 amide bonds. The van der Waals surface area contributed by atoms with Crippen LogP contribution in [-0.2, 0) is 17.6 Å². The molecule has 0 radical (unpaired) electrons. The van der Waals surface area contributed by atoms with Crippen molar-refractivity contribution in [3.05, 3.63) is 84.2 Å². The van der Waals surface area contributed by atoms with E-state index in [4.69, 9.17) is 15.6 Å². The van der Waals surface area contributed by atoms with Crippen molar-refractivity contribution in [1.82, 2.24) is 19.5 Å². The van der Waals surface area contributed by atoms with E-state index in [9.17, 15) is 9.59 Å². The second kappa shape index (κ2) is 8.31. The molecule has 0 saturated carbocycles. The maximum atomic E-state index is 12.4. The van der Waals surface area contributed by atoms with Gasteiger partial charge in [0.25, 0.3) is 5.91 Å². The predicted molar refractivity (Wildman–Crippen MR) is 124 cm³/mol. The minimum absolute atomic E-state index is 0.0896. The molecule has 0 bridgehead atoms. The van der Waals surface area contributed by atoms with Crippen molar-refractivity contribution in [1.29, 1.82) is 0 Å². The summed E-state index contributed by atoms with van der Waals surface area (Å²) in [6, 6.07) is 16.9. The number of benzene rings is 2. The Morgan fingerprint density at radius 1 is 1.03 bits per heavy atom. The number of nitrogens with zero attached hydrogens (tertiary/aromatic N) is 3. The third kappa shape index (κ3) is 3.76. The maximum Gasteiger partial charge on any atom is 0.254 e. The summed E-state index contributed by atoms with van der Waals surface area (Å²) in [6.07, 6.45) is 2.58. The number of carbonyl (C=O) groups is 2. The van der Waals surface area contributed by atoms with Crippen molar-refractivity contribution in [3.8, 4) is 22.8 Å². The number of amides is 2. The van der Waals surface area contributed by atoms with E-state index >= 15 is 0 Å². The third-order valence-corrected chi connectivity index (χ3v) is 5.85. The van der Waals surface area contributed by atoms with E-state index in [2.05, 4.69) is 11.6 Å². The van der Waals surface area contributed by atoms with Crippen LogP contribution < -0.4 is 10.5 Å². The van der Waals surface area contributed by atoms with Crippen molar-refractivity contribution in [2.75, 3.05) is 13.1 Å². The molecular formula is C25H23N5O3. The summed E-state index contributed by atoms with van der Waals surface area (Å²) in [7, 11) is 0. The van der Waals surface area contributed by atoms with Crippen LogP contribution in [0.2, 0.25) is 0 Å². The molecule has 8 nitrogen and oxygen atoms in total. The molecule has 2 aromatic carbocycles. The fourth-order valence-electron chi connectivity index (χ4n) is 4.23. The van der Waals surface area contributed by atoms with Gasteiger partial charge in [0.1, 0.15) is 28.4 Å². The smallest absolute Gasteiger partial charge is 0.254 e. The molecule has 3 heterocycles. The van der Waals surface area contributed by atoms with Gasteiger partial charge in [-0.15, -0.1) is 0 Å². The Balaban J connectivity index is 1.49. The predicted octanol–water partition coefficient (Wildman–Crippen LogP) is 3.33. The number of fused-ring (bicyclic) bond motifs is 3. The Morgan fingerprint density at radius 3 is 2.42 bits per heavy atom. The molecule has 0 unspecified atom stereocenters. The van der Waals surface area contributed by atoms with Crippen molar-refractivity contribution >= 4 is 17.5 Å². The quantitative estimate of drug-likeness (QED) is 0.463. The van der Waals surface area contributed by atoms with Gasteiger partial charge in [0.2, 0.25) is 5.91 Å². The molecule has 0 spiro atoms. The highest BCUT2D eigenvalue weighted by Crippen LogP contribution is 2.31. The van der Waals surface area contributed by atoms with Gasteiger partial charge in [-0.05, 0) is 42.5 Å². The molecule has 8 heteroatoms. The van der Waals surface area contributed by atoms with Crippen LogP contribution in [0.25, 0.3) is 16.9 Å². The average Bonchev–Trinajstić information content (AvgIpc) is 3.28. The first-order valence-corrected chi connectivity index (χ1v) is 10.7. The number of hydrogen-bond donors (Lipinski definition) is 2. The second-order valence-electron chi connectivity index (χ2n) is 7.87. The SMILES string of the molecule is C=CC(=O)N1CCc2[nH]c3c(C(N)=O)c(-c4ccc(Oc5ccccc5)cc4)nn3c2CC1. The van der Waals surface area contributed by atoms with E-state index in [0.29, 0.717) is 48.6 Å².